The maximum atomic E-state index is 12.6. The van der Waals surface area contributed by atoms with Gasteiger partial charge < -0.3 is 4.74 Å². The average molecular weight is 275 g/mol. The van der Waals surface area contributed by atoms with Crippen LogP contribution in [0.15, 0.2) is 22.7 Å². The van der Waals surface area contributed by atoms with Crippen molar-refractivity contribution in [2.24, 2.45) is 0 Å². The maximum absolute atomic E-state index is 12.6. The van der Waals surface area contributed by atoms with Crippen molar-refractivity contribution in [3.05, 3.63) is 28.2 Å². The standard InChI is InChI=1S/C12H16BrFO/c1-3-6-15-12-5-4-10(13)7-11(12)9(2)8-14/h4-5,7,9H,3,6,8H2,1-2H3. The highest BCUT2D eigenvalue weighted by molar-refractivity contribution is 9.10. The van der Waals surface area contributed by atoms with E-state index in [1.54, 1.807) is 0 Å². The third-order valence-corrected chi connectivity index (χ3v) is 2.69. The molecular weight excluding hydrogens is 259 g/mol. The van der Waals surface area contributed by atoms with Crippen LogP contribution < -0.4 is 4.74 Å². The van der Waals surface area contributed by atoms with E-state index in [2.05, 4.69) is 22.9 Å². The van der Waals surface area contributed by atoms with Gasteiger partial charge in [-0.1, -0.05) is 29.8 Å². The molecule has 15 heavy (non-hydrogen) atoms. The zero-order valence-corrected chi connectivity index (χ0v) is 10.7. The highest BCUT2D eigenvalue weighted by atomic mass is 79.9. The first-order chi connectivity index (χ1) is 7.19. The molecule has 0 aliphatic carbocycles. The second-order valence-corrected chi connectivity index (χ2v) is 4.50. The minimum absolute atomic E-state index is 0.116. The third kappa shape index (κ3) is 3.49. The van der Waals surface area contributed by atoms with Gasteiger partial charge in [0.2, 0.25) is 0 Å². The van der Waals surface area contributed by atoms with E-state index in [4.69, 9.17) is 4.74 Å². The van der Waals surface area contributed by atoms with E-state index in [-0.39, 0.29) is 12.6 Å². The Morgan fingerprint density at radius 1 is 1.47 bits per heavy atom. The Morgan fingerprint density at radius 3 is 2.80 bits per heavy atom. The third-order valence-electron chi connectivity index (χ3n) is 2.20. The summed E-state index contributed by atoms with van der Waals surface area (Å²) in [6.07, 6.45) is 0.958. The van der Waals surface area contributed by atoms with Crippen LogP contribution >= 0.6 is 15.9 Å². The molecule has 1 atom stereocenters. The van der Waals surface area contributed by atoms with Crippen molar-refractivity contribution >= 4 is 15.9 Å². The summed E-state index contributed by atoms with van der Waals surface area (Å²) >= 11 is 3.38. The van der Waals surface area contributed by atoms with Gasteiger partial charge in [-0.3, -0.25) is 4.39 Å². The summed E-state index contributed by atoms with van der Waals surface area (Å²) in [6, 6.07) is 5.73. The second-order valence-electron chi connectivity index (χ2n) is 3.59. The van der Waals surface area contributed by atoms with Gasteiger partial charge in [0.1, 0.15) is 5.75 Å². The minimum atomic E-state index is -0.362. The van der Waals surface area contributed by atoms with Gasteiger partial charge in [-0.2, -0.15) is 0 Å². The lowest BCUT2D eigenvalue weighted by Gasteiger charge is -2.14. The molecule has 0 N–H and O–H groups in total. The van der Waals surface area contributed by atoms with Crippen molar-refractivity contribution in [3.63, 3.8) is 0 Å². The lowest BCUT2D eigenvalue weighted by atomic mass is 10.0. The van der Waals surface area contributed by atoms with Crippen molar-refractivity contribution in [3.8, 4) is 5.75 Å². The normalized spacial score (nSPS) is 12.5. The quantitative estimate of drug-likeness (QED) is 0.778. The van der Waals surface area contributed by atoms with Crippen LogP contribution in [-0.4, -0.2) is 13.3 Å². The van der Waals surface area contributed by atoms with E-state index in [0.717, 1.165) is 22.2 Å². The predicted octanol–water partition coefficient (Wildman–Crippen LogP) is 4.31. The topological polar surface area (TPSA) is 9.23 Å². The summed E-state index contributed by atoms with van der Waals surface area (Å²) in [4.78, 5) is 0. The smallest absolute Gasteiger partial charge is 0.122 e. The van der Waals surface area contributed by atoms with Crippen molar-refractivity contribution in [1.29, 1.82) is 0 Å². The minimum Gasteiger partial charge on any atom is -0.493 e. The van der Waals surface area contributed by atoms with Gasteiger partial charge in [0, 0.05) is 16.0 Å². The van der Waals surface area contributed by atoms with Crippen LogP contribution in [0, 0.1) is 0 Å². The first-order valence-electron chi connectivity index (χ1n) is 5.17. The molecule has 0 saturated heterocycles. The van der Waals surface area contributed by atoms with Crippen molar-refractivity contribution < 1.29 is 9.13 Å². The van der Waals surface area contributed by atoms with Crippen LogP contribution in [0.4, 0.5) is 4.39 Å². The fourth-order valence-electron chi connectivity index (χ4n) is 1.33. The monoisotopic (exact) mass is 274 g/mol. The molecule has 1 rings (SSSR count). The number of benzene rings is 1. The zero-order valence-electron chi connectivity index (χ0n) is 9.09. The Morgan fingerprint density at radius 2 is 2.20 bits per heavy atom. The van der Waals surface area contributed by atoms with Crippen LogP contribution in [0.5, 0.6) is 5.75 Å². The SMILES string of the molecule is CCCOc1ccc(Br)cc1C(C)CF. The van der Waals surface area contributed by atoms with Crippen LogP contribution in [-0.2, 0) is 0 Å². The zero-order chi connectivity index (χ0) is 11.3. The van der Waals surface area contributed by atoms with Crippen molar-refractivity contribution in [2.75, 3.05) is 13.3 Å². The van der Waals surface area contributed by atoms with E-state index in [1.807, 2.05) is 25.1 Å². The van der Waals surface area contributed by atoms with Crippen LogP contribution in [0.3, 0.4) is 0 Å². The van der Waals surface area contributed by atoms with E-state index in [1.165, 1.54) is 0 Å². The second kappa shape index (κ2) is 6.11. The molecule has 3 heteroatoms. The molecule has 1 aromatic rings. The molecular formula is C12H16BrFO. The Hall–Kier alpha value is -0.570. The molecule has 0 fully saturated rings. The van der Waals surface area contributed by atoms with Crippen molar-refractivity contribution in [2.45, 2.75) is 26.2 Å². The lowest BCUT2D eigenvalue weighted by Crippen LogP contribution is -2.03. The average Bonchev–Trinajstić information content (AvgIpc) is 2.26. The molecule has 0 heterocycles. The van der Waals surface area contributed by atoms with Crippen LogP contribution in [0.1, 0.15) is 31.7 Å². The summed E-state index contributed by atoms with van der Waals surface area (Å²) < 4.78 is 19.2. The van der Waals surface area contributed by atoms with E-state index in [0.29, 0.717) is 6.61 Å². The summed E-state index contributed by atoms with van der Waals surface area (Å²) in [7, 11) is 0. The Labute approximate surface area is 98.8 Å². The molecule has 84 valence electrons. The largest absolute Gasteiger partial charge is 0.493 e. The van der Waals surface area contributed by atoms with Crippen LogP contribution in [0.25, 0.3) is 0 Å². The molecule has 0 radical (unpaired) electrons. The molecule has 1 aromatic carbocycles. The van der Waals surface area contributed by atoms with Gasteiger partial charge >= 0.3 is 0 Å². The van der Waals surface area contributed by atoms with E-state index < -0.39 is 0 Å². The fourth-order valence-corrected chi connectivity index (χ4v) is 1.71. The highest BCUT2D eigenvalue weighted by Crippen LogP contribution is 2.30. The molecule has 0 saturated carbocycles. The summed E-state index contributed by atoms with van der Waals surface area (Å²) in [5, 5.41) is 0. The Bertz CT molecular complexity index is 314. The molecule has 0 bridgehead atoms. The number of hydrogen-bond acceptors (Lipinski definition) is 1. The summed E-state index contributed by atoms with van der Waals surface area (Å²) in [5.74, 6) is 0.680. The van der Waals surface area contributed by atoms with Gasteiger partial charge in [-0.25, -0.2) is 0 Å². The van der Waals surface area contributed by atoms with E-state index >= 15 is 0 Å². The number of halogens is 2. The number of alkyl halides is 1. The summed E-state index contributed by atoms with van der Waals surface area (Å²) in [5.41, 5.74) is 0.931. The molecule has 0 amide bonds. The van der Waals surface area contributed by atoms with Crippen LogP contribution in [0.2, 0.25) is 0 Å². The highest BCUT2D eigenvalue weighted by Gasteiger charge is 2.11. The van der Waals surface area contributed by atoms with Gasteiger partial charge in [-0.05, 0) is 24.6 Å². The first kappa shape index (κ1) is 12.5. The molecule has 1 nitrogen and oxygen atoms in total. The summed E-state index contributed by atoms with van der Waals surface area (Å²) in [6.45, 7) is 4.23. The van der Waals surface area contributed by atoms with Gasteiger partial charge in [0.05, 0.1) is 13.3 Å². The van der Waals surface area contributed by atoms with Crippen molar-refractivity contribution in [1.82, 2.24) is 0 Å². The molecule has 1 unspecified atom stereocenters. The first-order valence-corrected chi connectivity index (χ1v) is 5.96. The Kier molecular flexibility index (Phi) is 5.09. The van der Waals surface area contributed by atoms with Gasteiger partial charge in [-0.15, -0.1) is 0 Å². The van der Waals surface area contributed by atoms with E-state index in [9.17, 15) is 4.39 Å². The number of ether oxygens (including phenoxy) is 1. The van der Waals surface area contributed by atoms with Gasteiger partial charge in [0.25, 0.3) is 0 Å². The maximum Gasteiger partial charge on any atom is 0.122 e. The molecule has 0 aliphatic rings. The molecule has 0 aliphatic heterocycles. The number of rotatable bonds is 5. The molecule has 0 aromatic heterocycles. The lowest BCUT2D eigenvalue weighted by molar-refractivity contribution is 0.309. The predicted molar refractivity (Wildman–Crippen MR) is 64.3 cm³/mol. The fraction of sp³-hybridized carbons (Fsp3) is 0.500. The molecule has 0 spiro atoms. The Balaban J connectivity index is 2.92. The van der Waals surface area contributed by atoms with Gasteiger partial charge in [0.15, 0.2) is 0 Å². The number of hydrogen-bond donors (Lipinski definition) is 0.